The molecule has 0 saturated carbocycles. The highest BCUT2D eigenvalue weighted by Crippen LogP contribution is 2.43. The van der Waals surface area contributed by atoms with E-state index in [1.165, 1.54) is 13.2 Å². The standard InChI is InChI=1S/C27H25Cl2FN4O3/c1-37-27(36)13-8-9-16(19(31)10-13)20-12-21-24(33-20)22(17-6-3-7-18(29)23(17)30)25(34-21)26(35)32-15-5-2-4-14(28)11-15/h2-11,20-22,24-25,33-34H,12,31H2,1H3,(H,32,35)/t20?,21-,22-,24+,25+/m0/s1. The predicted octanol–water partition coefficient (Wildman–Crippen LogP) is 4.67. The van der Waals surface area contributed by atoms with Crippen molar-refractivity contribution in [3.05, 3.63) is 93.2 Å². The number of ether oxygens (including phenoxy) is 1. The molecule has 2 aliphatic rings. The van der Waals surface area contributed by atoms with Crippen LogP contribution in [0.5, 0.6) is 0 Å². The number of halogens is 3. The van der Waals surface area contributed by atoms with Gasteiger partial charge in [0.05, 0.1) is 23.7 Å². The second-order valence-corrected chi connectivity index (χ2v) is 10.1. The molecule has 0 spiro atoms. The SMILES string of the molecule is COC(=O)c1ccc(C2C[C@@H]3N[C@@H](C(=O)Nc4cccc(Cl)c4)[C@@H](c4cccc(Cl)c4F)[C@@H]3N2)c(N)c1. The molecule has 3 aromatic carbocycles. The second-order valence-electron chi connectivity index (χ2n) is 9.24. The first kappa shape index (κ1) is 25.5. The first-order chi connectivity index (χ1) is 17.8. The number of rotatable bonds is 5. The molecule has 7 nitrogen and oxygen atoms in total. The summed E-state index contributed by atoms with van der Waals surface area (Å²) in [7, 11) is 1.31. The normalized spacial score (nSPS) is 24.5. The average molecular weight is 543 g/mol. The van der Waals surface area contributed by atoms with Crippen LogP contribution in [-0.2, 0) is 9.53 Å². The number of esters is 1. The predicted molar refractivity (Wildman–Crippen MR) is 141 cm³/mol. The van der Waals surface area contributed by atoms with Gasteiger partial charge in [0.2, 0.25) is 5.91 Å². The van der Waals surface area contributed by atoms with Gasteiger partial charge >= 0.3 is 5.97 Å². The summed E-state index contributed by atoms with van der Waals surface area (Å²) in [4.78, 5) is 25.3. The van der Waals surface area contributed by atoms with Crippen LogP contribution < -0.4 is 21.7 Å². The van der Waals surface area contributed by atoms with E-state index in [1.54, 1.807) is 54.6 Å². The first-order valence-electron chi connectivity index (χ1n) is 11.8. The molecule has 5 N–H and O–H groups in total. The number of amides is 1. The zero-order valence-electron chi connectivity index (χ0n) is 19.8. The van der Waals surface area contributed by atoms with E-state index in [9.17, 15) is 9.59 Å². The first-order valence-corrected chi connectivity index (χ1v) is 12.5. The number of nitrogens with one attached hydrogen (secondary N) is 3. The van der Waals surface area contributed by atoms with Crippen molar-refractivity contribution in [2.75, 3.05) is 18.2 Å². The molecule has 1 amide bonds. The lowest BCUT2D eigenvalue weighted by molar-refractivity contribution is -0.118. The van der Waals surface area contributed by atoms with Gasteiger partial charge in [-0.1, -0.05) is 47.5 Å². The summed E-state index contributed by atoms with van der Waals surface area (Å²) >= 11 is 12.2. The Morgan fingerprint density at radius 1 is 1.05 bits per heavy atom. The molecule has 5 rings (SSSR count). The summed E-state index contributed by atoms with van der Waals surface area (Å²) in [5.41, 5.74) is 8.80. The molecular formula is C27H25Cl2FN4O3. The zero-order valence-corrected chi connectivity index (χ0v) is 21.3. The van der Waals surface area contributed by atoms with Crippen LogP contribution in [0.1, 0.15) is 39.9 Å². The monoisotopic (exact) mass is 542 g/mol. The van der Waals surface area contributed by atoms with Crippen molar-refractivity contribution >= 4 is 46.5 Å². The fourth-order valence-electron chi connectivity index (χ4n) is 5.41. The largest absolute Gasteiger partial charge is 0.465 e. The van der Waals surface area contributed by atoms with E-state index >= 15 is 4.39 Å². The molecule has 2 heterocycles. The molecule has 2 saturated heterocycles. The lowest BCUT2D eigenvalue weighted by Crippen LogP contribution is -2.42. The molecule has 0 bridgehead atoms. The maximum Gasteiger partial charge on any atom is 0.337 e. The molecule has 5 atom stereocenters. The number of benzene rings is 3. The van der Waals surface area contributed by atoms with Crippen molar-refractivity contribution in [3.8, 4) is 0 Å². The number of nitrogens with two attached hydrogens (primary N) is 1. The Bertz CT molecular complexity index is 1370. The lowest BCUT2D eigenvalue weighted by Gasteiger charge is -2.26. The maximum atomic E-state index is 15.3. The molecule has 2 fully saturated rings. The minimum atomic E-state index is -0.727. The van der Waals surface area contributed by atoms with E-state index in [-0.39, 0.29) is 29.1 Å². The van der Waals surface area contributed by atoms with Crippen LogP contribution >= 0.6 is 23.2 Å². The van der Waals surface area contributed by atoms with E-state index in [4.69, 9.17) is 33.7 Å². The Kier molecular flexibility index (Phi) is 7.09. The van der Waals surface area contributed by atoms with Crippen LogP contribution in [0, 0.1) is 5.82 Å². The highest BCUT2D eigenvalue weighted by atomic mass is 35.5. The van der Waals surface area contributed by atoms with Crippen LogP contribution in [0.4, 0.5) is 15.8 Å². The van der Waals surface area contributed by atoms with Gasteiger partial charge < -0.3 is 26.4 Å². The zero-order chi connectivity index (χ0) is 26.3. The Balaban J connectivity index is 1.44. The van der Waals surface area contributed by atoms with Gasteiger partial charge in [-0.15, -0.1) is 0 Å². The molecule has 0 radical (unpaired) electrons. The summed E-state index contributed by atoms with van der Waals surface area (Å²) in [6.07, 6.45) is 0.603. The molecule has 1 unspecified atom stereocenters. The number of methoxy groups -OCH3 is 1. The van der Waals surface area contributed by atoms with E-state index in [0.717, 1.165) is 5.56 Å². The highest BCUT2D eigenvalue weighted by Gasteiger charge is 2.52. The smallest absolute Gasteiger partial charge is 0.337 e. The van der Waals surface area contributed by atoms with Crippen molar-refractivity contribution < 1.29 is 18.7 Å². The molecule has 10 heteroatoms. The molecule has 3 aromatic rings. The number of fused-ring (bicyclic) bond motifs is 1. The minimum Gasteiger partial charge on any atom is -0.465 e. The van der Waals surface area contributed by atoms with Gasteiger partial charge in [0.1, 0.15) is 5.82 Å². The Hall–Kier alpha value is -3.17. The number of hydrogen-bond donors (Lipinski definition) is 4. The fraction of sp³-hybridized carbons (Fsp3) is 0.259. The van der Waals surface area contributed by atoms with Crippen molar-refractivity contribution in [1.82, 2.24) is 10.6 Å². The number of carbonyl (C=O) groups excluding carboxylic acids is 2. The third-order valence-electron chi connectivity index (χ3n) is 7.05. The summed E-state index contributed by atoms with van der Waals surface area (Å²) < 4.78 is 20.0. The summed E-state index contributed by atoms with van der Waals surface area (Å²) in [5.74, 6) is -1.88. The molecule has 0 aromatic heterocycles. The van der Waals surface area contributed by atoms with Crippen LogP contribution in [0.25, 0.3) is 0 Å². The summed E-state index contributed by atoms with van der Waals surface area (Å²) in [6.45, 7) is 0. The topological polar surface area (TPSA) is 105 Å². The van der Waals surface area contributed by atoms with Gasteiger partial charge in [0.15, 0.2) is 0 Å². The molecule has 37 heavy (non-hydrogen) atoms. The van der Waals surface area contributed by atoms with E-state index in [0.29, 0.717) is 33.9 Å². The number of nitrogen functional groups attached to an aromatic ring is 1. The Morgan fingerprint density at radius 2 is 1.84 bits per heavy atom. The van der Waals surface area contributed by atoms with Gasteiger partial charge in [0.25, 0.3) is 0 Å². The summed E-state index contributed by atoms with van der Waals surface area (Å²) in [6, 6.07) is 15.4. The molecular weight excluding hydrogens is 518 g/mol. The van der Waals surface area contributed by atoms with Crippen molar-refractivity contribution in [1.29, 1.82) is 0 Å². The van der Waals surface area contributed by atoms with Crippen LogP contribution in [0.15, 0.2) is 60.7 Å². The van der Waals surface area contributed by atoms with Gasteiger partial charge in [-0.05, 0) is 53.9 Å². The fourth-order valence-corrected chi connectivity index (χ4v) is 5.79. The number of anilines is 2. The third-order valence-corrected chi connectivity index (χ3v) is 7.58. The van der Waals surface area contributed by atoms with Gasteiger partial charge in [0, 0.05) is 40.4 Å². The van der Waals surface area contributed by atoms with E-state index in [1.807, 2.05) is 0 Å². The van der Waals surface area contributed by atoms with E-state index < -0.39 is 23.7 Å². The molecule has 0 aliphatic carbocycles. The third kappa shape index (κ3) is 4.90. The van der Waals surface area contributed by atoms with Crippen molar-refractivity contribution in [2.24, 2.45) is 0 Å². The van der Waals surface area contributed by atoms with Gasteiger partial charge in [-0.2, -0.15) is 0 Å². The summed E-state index contributed by atoms with van der Waals surface area (Å²) in [5, 5.41) is 10.3. The molecule has 192 valence electrons. The van der Waals surface area contributed by atoms with Crippen molar-refractivity contribution in [2.45, 2.75) is 36.5 Å². The van der Waals surface area contributed by atoms with E-state index in [2.05, 4.69) is 16.0 Å². The maximum absolute atomic E-state index is 15.3. The molecule has 2 aliphatic heterocycles. The number of carbonyl (C=O) groups is 2. The Morgan fingerprint density at radius 3 is 2.57 bits per heavy atom. The highest BCUT2D eigenvalue weighted by molar-refractivity contribution is 6.31. The second kappa shape index (κ2) is 10.3. The average Bonchev–Trinajstić information content (AvgIpc) is 3.43. The lowest BCUT2D eigenvalue weighted by atomic mass is 9.86. The van der Waals surface area contributed by atoms with Crippen LogP contribution in [0.3, 0.4) is 0 Å². The Labute approximate surface area is 223 Å². The van der Waals surface area contributed by atoms with Crippen LogP contribution in [-0.4, -0.2) is 37.1 Å². The quantitative estimate of drug-likeness (QED) is 0.276. The minimum absolute atomic E-state index is 0.00728. The number of hydrogen-bond acceptors (Lipinski definition) is 6. The van der Waals surface area contributed by atoms with Crippen LogP contribution in [0.2, 0.25) is 10.0 Å². The van der Waals surface area contributed by atoms with Gasteiger partial charge in [-0.25, -0.2) is 9.18 Å². The van der Waals surface area contributed by atoms with Crippen molar-refractivity contribution in [3.63, 3.8) is 0 Å². The van der Waals surface area contributed by atoms with Gasteiger partial charge in [-0.3, -0.25) is 4.79 Å².